The molecular formula is C9H11NY5-2. The third-order valence-electron chi connectivity index (χ3n) is 1.30. The maximum atomic E-state index is 3.92. The van der Waals surface area contributed by atoms with Crippen LogP contribution in [-0.4, -0.2) is 4.98 Å². The topological polar surface area (TPSA) is 12.9 Å². The number of nitrogens with zero attached hydrogens (tertiary/aromatic N) is 1. The predicted octanol–water partition coefficient (Wildman–Crippen LogP) is 2.24. The summed E-state index contributed by atoms with van der Waals surface area (Å²) in [5, 5.41) is 0. The number of hydrogen-bond acceptors (Lipinski definition) is 1. The third kappa shape index (κ3) is 18.5. The van der Waals surface area contributed by atoms with Gasteiger partial charge in [-0.05, 0) is 12.4 Å². The summed E-state index contributed by atoms with van der Waals surface area (Å²) in [6.45, 7) is 2.05. The predicted molar refractivity (Wildman–Crippen MR) is 42.2 cm³/mol. The van der Waals surface area contributed by atoms with E-state index >= 15 is 0 Å². The molecule has 1 aromatic heterocycles. The molecule has 0 atom stereocenters. The molecule has 1 heterocycles. The van der Waals surface area contributed by atoms with Crippen molar-refractivity contribution in [2.75, 3.05) is 0 Å². The van der Waals surface area contributed by atoms with E-state index in [1.165, 1.54) is 5.56 Å². The fraction of sp³-hybridized carbons (Fsp3) is 0.222. The van der Waals surface area contributed by atoms with Crippen molar-refractivity contribution in [3.63, 3.8) is 0 Å². The summed E-state index contributed by atoms with van der Waals surface area (Å²) in [6, 6.07) is 4.01. The molecule has 15 heavy (non-hydrogen) atoms. The van der Waals surface area contributed by atoms with Gasteiger partial charge in [-0.1, -0.05) is 0 Å². The van der Waals surface area contributed by atoms with Crippen molar-refractivity contribution in [1.29, 1.82) is 0 Å². The van der Waals surface area contributed by atoms with Gasteiger partial charge in [-0.3, -0.25) is 4.98 Å². The SMILES string of the molecule is C[CH-]C[CH-]c1ccncc1.[Y].[Y].[Y].[Y].[Y]. The third-order valence-corrected chi connectivity index (χ3v) is 1.30. The Labute approximate surface area is 219 Å². The van der Waals surface area contributed by atoms with Crippen LogP contribution in [-0.2, 0) is 164 Å². The zero-order valence-electron chi connectivity index (χ0n) is 9.01. The summed E-state index contributed by atoms with van der Waals surface area (Å²) in [6.07, 6.45) is 8.94. The molecule has 0 saturated heterocycles. The quantitative estimate of drug-likeness (QED) is 0.503. The second kappa shape index (κ2) is 23.6. The van der Waals surface area contributed by atoms with Gasteiger partial charge in [-0.15, -0.1) is 12.1 Å². The normalized spacial score (nSPS) is 6.20. The van der Waals surface area contributed by atoms with E-state index in [1.807, 2.05) is 24.5 Å². The largest absolute Gasteiger partial charge is 0.339 e. The molecule has 1 nitrogen and oxygen atoms in total. The van der Waals surface area contributed by atoms with Crippen molar-refractivity contribution in [2.24, 2.45) is 0 Å². The van der Waals surface area contributed by atoms with E-state index in [4.69, 9.17) is 0 Å². The standard InChI is InChI=1S/C9H11N.5Y/c1-2-3-4-9-5-7-10-8-6-9;;;;;/h2,4-8H,3H2,1H3;;;;;/q-2;;;;;. The molecule has 69 valence electrons. The fourth-order valence-electron chi connectivity index (χ4n) is 0.753. The minimum atomic E-state index is 0. The van der Waals surface area contributed by atoms with Crippen LogP contribution in [0, 0.1) is 12.8 Å². The summed E-state index contributed by atoms with van der Waals surface area (Å²) in [4.78, 5) is 3.92. The maximum Gasteiger partial charge on any atom is 0 e. The average molecular weight is 578 g/mol. The number of rotatable bonds is 3. The van der Waals surface area contributed by atoms with Crippen molar-refractivity contribution in [2.45, 2.75) is 13.3 Å². The molecule has 0 aliphatic rings. The molecule has 0 aliphatic heterocycles. The van der Waals surface area contributed by atoms with E-state index in [1.54, 1.807) is 0 Å². The molecule has 0 N–H and O–H groups in total. The van der Waals surface area contributed by atoms with Gasteiger partial charge in [0, 0.05) is 164 Å². The average Bonchev–Trinajstić information content (AvgIpc) is 2.03. The Kier molecular flexibility index (Phi) is 50.0. The van der Waals surface area contributed by atoms with Crippen molar-refractivity contribution < 1.29 is 164 Å². The van der Waals surface area contributed by atoms with Gasteiger partial charge in [-0.2, -0.15) is 12.5 Å². The molecule has 1 rings (SSSR count). The number of aromatic nitrogens is 1. The first-order chi connectivity index (χ1) is 4.93. The van der Waals surface area contributed by atoms with Crippen LogP contribution in [0.2, 0.25) is 0 Å². The summed E-state index contributed by atoms with van der Waals surface area (Å²) in [5.74, 6) is 0. The molecule has 0 aromatic carbocycles. The Morgan fingerprint density at radius 1 is 1.00 bits per heavy atom. The number of hydrogen-bond donors (Lipinski definition) is 0. The monoisotopic (exact) mass is 578 g/mol. The van der Waals surface area contributed by atoms with E-state index in [9.17, 15) is 0 Å². The molecule has 5 radical (unpaired) electrons. The van der Waals surface area contributed by atoms with Crippen LogP contribution < -0.4 is 0 Å². The van der Waals surface area contributed by atoms with Gasteiger partial charge in [0.05, 0.1) is 0 Å². The molecule has 1 aromatic rings. The smallest absolute Gasteiger partial charge is 0 e. The number of unbranched alkanes of at least 4 members (excludes halogenated alkanes) is 1. The molecule has 0 fully saturated rings. The van der Waals surface area contributed by atoms with Gasteiger partial charge < -0.3 is 6.42 Å². The minimum Gasteiger partial charge on any atom is -0.339 e. The summed E-state index contributed by atoms with van der Waals surface area (Å²) in [7, 11) is 0. The molecule has 0 bridgehead atoms. The molecule has 0 unspecified atom stereocenters. The second-order valence-electron chi connectivity index (χ2n) is 2.13. The summed E-state index contributed by atoms with van der Waals surface area (Å²) < 4.78 is 0. The van der Waals surface area contributed by atoms with Crippen molar-refractivity contribution in [3.05, 3.63) is 42.9 Å². The van der Waals surface area contributed by atoms with Gasteiger partial charge >= 0.3 is 0 Å². The first-order valence-corrected chi connectivity index (χ1v) is 3.44. The fourth-order valence-corrected chi connectivity index (χ4v) is 0.753. The number of pyridine rings is 1. The zero-order valence-corrected chi connectivity index (χ0v) is 23.2. The van der Waals surface area contributed by atoms with Crippen LogP contribution in [0.25, 0.3) is 0 Å². The molecule has 6 heteroatoms. The van der Waals surface area contributed by atoms with Crippen molar-refractivity contribution in [3.8, 4) is 0 Å². The Bertz CT molecular complexity index is 183. The van der Waals surface area contributed by atoms with Gasteiger partial charge in [0.2, 0.25) is 0 Å². The van der Waals surface area contributed by atoms with Crippen molar-refractivity contribution in [1.82, 2.24) is 4.98 Å². The van der Waals surface area contributed by atoms with Crippen LogP contribution >= 0.6 is 0 Å². The molecule has 0 spiro atoms. The van der Waals surface area contributed by atoms with E-state index in [0.717, 1.165) is 6.42 Å². The zero-order chi connectivity index (χ0) is 7.23. The first-order valence-electron chi connectivity index (χ1n) is 3.44. The van der Waals surface area contributed by atoms with Crippen molar-refractivity contribution >= 4 is 0 Å². The summed E-state index contributed by atoms with van der Waals surface area (Å²) in [5.41, 5.74) is 1.24. The summed E-state index contributed by atoms with van der Waals surface area (Å²) >= 11 is 0. The van der Waals surface area contributed by atoms with Crippen LogP contribution in [0.15, 0.2) is 24.5 Å². The van der Waals surface area contributed by atoms with E-state index in [2.05, 4.69) is 24.7 Å². The van der Waals surface area contributed by atoms with E-state index in [0.29, 0.717) is 0 Å². The van der Waals surface area contributed by atoms with Gasteiger partial charge in [0.15, 0.2) is 0 Å². The molecule has 0 saturated carbocycles. The Morgan fingerprint density at radius 2 is 1.47 bits per heavy atom. The van der Waals surface area contributed by atoms with E-state index in [-0.39, 0.29) is 164 Å². The Hall–Kier alpha value is 4.54. The van der Waals surface area contributed by atoms with E-state index < -0.39 is 0 Å². The van der Waals surface area contributed by atoms with Crippen LogP contribution in [0.4, 0.5) is 0 Å². The molecule has 0 aliphatic carbocycles. The maximum absolute atomic E-state index is 3.92. The van der Waals surface area contributed by atoms with Gasteiger partial charge in [-0.25, -0.2) is 12.8 Å². The van der Waals surface area contributed by atoms with Crippen LogP contribution in [0.1, 0.15) is 18.9 Å². The first kappa shape index (κ1) is 31.8. The van der Waals surface area contributed by atoms with Gasteiger partial charge in [0.25, 0.3) is 0 Å². The second-order valence-corrected chi connectivity index (χ2v) is 2.13. The Balaban J connectivity index is -0.0000000667. The molecular weight excluding hydrogens is 567 g/mol. The minimum absolute atomic E-state index is 0. The van der Waals surface area contributed by atoms with Gasteiger partial charge in [0.1, 0.15) is 0 Å². The van der Waals surface area contributed by atoms with Crippen LogP contribution in [0.3, 0.4) is 0 Å². The van der Waals surface area contributed by atoms with Crippen LogP contribution in [0.5, 0.6) is 0 Å². The Morgan fingerprint density at radius 3 is 1.87 bits per heavy atom. The molecule has 0 amide bonds.